The molecule has 6 heteroatoms. The maximum Gasteiger partial charge on any atom is 0.310 e. The van der Waals surface area contributed by atoms with Gasteiger partial charge in [0.1, 0.15) is 0 Å². The molecular formula is C20H33N3O3. The Balaban J connectivity index is 1.94. The Morgan fingerprint density at radius 3 is 2.69 bits per heavy atom. The summed E-state index contributed by atoms with van der Waals surface area (Å²) in [7, 11) is 0. The second-order valence-corrected chi connectivity index (χ2v) is 7.66. The van der Waals surface area contributed by atoms with Gasteiger partial charge < -0.3 is 9.64 Å². The van der Waals surface area contributed by atoms with Crippen molar-refractivity contribution >= 4 is 11.9 Å². The first-order valence-electron chi connectivity index (χ1n) is 9.80. The molecule has 1 saturated heterocycles. The summed E-state index contributed by atoms with van der Waals surface area (Å²) in [5.41, 5.74) is 3.35. The highest BCUT2D eigenvalue weighted by Crippen LogP contribution is 2.21. The number of aryl methyl sites for hydroxylation is 1. The number of likely N-dealkylation sites (tertiary alicyclic amines) is 1. The summed E-state index contributed by atoms with van der Waals surface area (Å²) in [6.07, 6.45) is 2.84. The van der Waals surface area contributed by atoms with Gasteiger partial charge in [-0.1, -0.05) is 13.8 Å². The lowest BCUT2D eigenvalue weighted by Gasteiger charge is -2.31. The Labute approximate surface area is 156 Å². The molecule has 1 aromatic rings. The third-order valence-electron chi connectivity index (χ3n) is 5.05. The summed E-state index contributed by atoms with van der Waals surface area (Å²) in [4.78, 5) is 26.4. The van der Waals surface area contributed by atoms with E-state index in [2.05, 4.69) is 30.6 Å². The molecule has 1 unspecified atom stereocenters. The highest BCUT2D eigenvalue weighted by Gasteiger charge is 2.29. The quantitative estimate of drug-likeness (QED) is 0.699. The second kappa shape index (κ2) is 9.19. The van der Waals surface area contributed by atoms with Gasteiger partial charge in [-0.25, -0.2) is 0 Å². The van der Waals surface area contributed by atoms with Crippen molar-refractivity contribution in [1.29, 1.82) is 0 Å². The number of carbonyl (C=O) groups is 2. The van der Waals surface area contributed by atoms with Crippen molar-refractivity contribution < 1.29 is 14.3 Å². The molecule has 0 aromatic carbocycles. The lowest BCUT2D eigenvalue weighted by Crippen LogP contribution is -2.42. The van der Waals surface area contributed by atoms with Crippen LogP contribution in [0.5, 0.6) is 0 Å². The number of esters is 1. The first kappa shape index (κ1) is 20.5. The molecule has 1 fully saturated rings. The van der Waals surface area contributed by atoms with Gasteiger partial charge in [0.25, 0.3) is 0 Å². The minimum absolute atomic E-state index is 0.120. The summed E-state index contributed by atoms with van der Waals surface area (Å²) in [6, 6.07) is 0. The van der Waals surface area contributed by atoms with Crippen LogP contribution in [-0.4, -0.2) is 46.3 Å². The molecule has 0 aliphatic carbocycles. The summed E-state index contributed by atoms with van der Waals surface area (Å²) in [5.74, 6) is 0.307. The molecule has 1 amide bonds. The monoisotopic (exact) mass is 363 g/mol. The van der Waals surface area contributed by atoms with Crippen LogP contribution in [-0.2, 0) is 27.3 Å². The lowest BCUT2D eigenvalue weighted by molar-refractivity contribution is -0.151. The SMILES string of the molecule is CCOC(=O)C1CCCN(C(=O)CCc2c(C)nn(CC(C)C)c2C)C1. The van der Waals surface area contributed by atoms with E-state index in [1.807, 2.05) is 18.7 Å². The van der Waals surface area contributed by atoms with E-state index in [1.54, 1.807) is 0 Å². The molecule has 1 aliphatic heterocycles. The van der Waals surface area contributed by atoms with E-state index >= 15 is 0 Å². The van der Waals surface area contributed by atoms with Gasteiger partial charge in [0, 0.05) is 31.7 Å². The number of rotatable bonds is 7. The maximum absolute atomic E-state index is 12.7. The number of hydrogen-bond donors (Lipinski definition) is 0. The Bertz CT molecular complexity index is 636. The van der Waals surface area contributed by atoms with Crippen molar-refractivity contribution in [3.63, 3.8) is 0 Å². The molecule has 0 radical (unpaired) electrons. The molecule has 1 aromatic heterocycles. The van der Waals surface area contributed by atoms with E-state index in [0.717, 1.165) is 37.3 Å². The number of hydrogen-bond acceptors (Lipinski definition) is 4. The molecular weight excluding hydrogens is 330 g/mol. The number of carbonyl (C=O) groups excluding carboxylic acids is 2. The fourth-order valence-electron chi connectivity index (χ4n) is 3.67. The summed E-state index contributed by atoms with van der Waals surface area (Å²) in [6.45, 7) is 12.8. The minimum Gasteiger partial charge on any atom is -0.466 e. The average Bonchev–Trinajstić information content (AvgIpc) is 2.86. The molecule has 26 heavy (non-hydrogen) atoms. The Morgan fingerprint density at radius 1 is 1.31 bits per heavy atom. The predicted molar refractivity (Wildman–Crippen MR) is 101 cm³/mol. The van der Waals surface area contributed by atoms with Crippen LogP contribution in [0.3, 0.4) is 0 Å². The molecule has 0 bridgehead atoms. The molecule has 0 N–H and O–H groups in total. The molecule has 6 nitrogen and oxygen atoms in total. The molecule has 1 aliphatic rings. The van der Waals surface area contributed by atoms with Crippen molar-refractivity contribution in [3.8, 4) is 0 Å². The van der Waals surface area contributed by atoms with Crippen LogP contribution in [0.4, 0.5) is 0 Å². The molecule has 2 heterocycles. The average molecular weight is 364 g/mol. The van der Waals surface area contributed by atoms with Gasteiger partial charge in [-0.05, 0) is 51.5 Å². The first-order chi connectivity index (χ1) is 12.3. The van der Waals surface area contributed by atoms with Crippen molar-refractivity contribution in [2.24, 2.45) is 11.8 Å². The van der Waals surface area contributed by atoms with Gasteiger partial charge in [0.2, 0.25) is 5.91 Å². The second-order valence-electron chi connectivity index (χ2n) is 7.66. The number of amides is 1. The van der Waals surface area contributed by atoms with Crippen molar-refractivity contribution in [2.75, 3.05) is 19.7 Å². The van der Waals surface area contributed by atoms with Gasteiger partial charge in [0.15, 0.2) is 0 Å². The van der Waals surface area contributed by atoms with E-state index in [4.69, 9.17) is 4.74 Å². The number of piperidine rings is 1. The van der Waals surface area contributed by atoms with Crippen molar-refractivity contribution in [1.82, 2.24) is 14.7 Å². The Hall–Kier alpha value is -1.85. The smallest absolute Gasteiger partial charge is 0.310 e. The van der Waals surface area contributed by atoms with E-state index in [1.165, 1.54) is 5.56 Å². The van der Waals surface area contributed by atoms with Crippen LogP contribution in [0.15, 0.2) is 0 Å². The standard InChI is InChI=1S/C20H33N3O3/c1-6-26-20(25)17-8-7-11-22(13-17)19(24)10-9-18-15(4)21-23(16(18)5)12-14(2)3/h14,17H,6-13H2,1-5H3. The predicted octanol–water partition coefficient (Wildman–Crippen LogP) is 2.89. The van der Waals surface area contributed by atoms with Gasteiger partial charge >= 0.3 is 5.97 Å². The zero-order valence-electron chi connectivity index (χ0n) is 16.9. The lowest BCUT2D eigenvalue weighted by atomic mass is 9.97. The Kier molecular flexibility index (Phi) is 7.23. The largest absolute Gasteiger partial charge is 0.466 e. The van der Waals surface area contributed by atoms with Crippen LogP contribution in [0, 0.1) is 25.7 Å². The van der Waals surface area contributed by atoms with Crippen LogP contribution in [0.2, 0.25) is 0 Å². The van der Waals surface area contributed by atoms with Gasteiger partial charge in [-0.15, -0.1) is 0 Å². The van der Waals surface area contributed by atoms with Gasteiger partial charge in [0.05, 0.1) is 18.2 Å². The summed E-state index contributed by atoms with van der Waals surface area (Å²) >= 11 is 0. The zero-order valence-corrected chi connectivity index (χ0v) is 16.9. The highest BCUT2D eigenvalue weighted by atomic mass is 16.5. The third-order valence-corrected chi connectivity index (χ3v) is 5.05. The van der Waals surface area contributed by atoms with Gasteiger partial charge in [-0.2, -0.15) is 5.10 Å². The number of aromatic nitrogens is 2. The van der Waals surface area contributed by atoms with Crippen molar-refractivity contribution in [3.05, 3.63) is 17.0 Å². The van der Waals surface area contributed by atoms with Crippen LogP contribution >= 0.6 is 0 Å². The van der Waals surface area contributed by atoms with Crippen LogP contribution < -0.4 is 0 Å². The number of nitrogens with zero attached hydrogens (tertiary/aromatic N) is 3. The van der Waals surface area contributed by atoms with E-state index in [-0.39, 0.29) is 17.8 Å². The molecule has 146 valence electrons. The Morgan fingerprint density at radius 2 is 2.04 bits per heavy atom. The zero-order chi connectivity index (χ0) is 19.3. The topological polar surface area (TPSA) is 64.4 Å². The van der Waals surface area contributed by atoms with Gasteiger partial charge in [-0.3, -0.25) is 14.3 Å². The van der Waals surface area contributed by atoms with Crippen LogP contribution in [0.1, 0.15) is 57.0 Å². The maximum atomic E-state index is 12.7. The third kappa shape index (κ3) is 5.08. The molecule has 2 rings (SSSR count). The molecule has 0 spiro atoms. The molecule has 0 saturated carbocycles. The minimum atomic E-state index is -0.176. The summed E-state index contributed by atoms with van der Waals surface area (Å²) in [5, 5.41) is 4.63. The molecule has 1 atom stereocenters. The van der Waals surface area contributed by atoms with Crippen molar-refractivity contribution in [2.45, 2.75) is 66.8 Å². The van der Waals surface area contributed by atoms with Crippen LogP contribution in [0.25, 0.3) is 0 Å². The van der Waals surface area contributed by atoms with E-state index < -0.39 is 0 Å². The summed E-state index contributed by atoms with van der Waals surface area (Å²) < 4.78 is 7.17. The fraction of sp³-hybridized carbons (Fsp3) is 0.750. The van der Waals surface area contributed by atoms with E-state index in [9.17, 15) is 9.59 Å². The normalized spacial score (nSPS) is 17.6. The fourth-order valence-corrected chi connectivity index (χ4v) is 3.67. The highest BCUT2D eigenvalue weighted by molar-refractivity contribution is 5.78. The van der Waals surface area contributed by atoms with E-state index in [0.29, 0.717) is 31.9 Å². The first-order valence-corrected chi connectivity index (χ1v) is 9.80. The number of ether oxygens (including phenoxy) is 1.